The number of nitrogen functional groups attached to an aromatic ring is 2. The molecule has 2 heteroatoms. The number of anilines is 2. The van der Waals surface area contributed by atoms with Gasteiger partial charge in [-0.25, -0.2) is 0 Å². The van der Waals surface area contributed by atoms with Crippen molar-refractivity contribution in [2.45, 2.75) is 37.5 Å². The molecule has 4 N–H and O–H groups in total. The van der Waals surface area contributed by atoms with Crippen molar-refractivity contribution < 1.29 is 0 Å². The van der Waals surface area contributed by atoms with Crippen molar-refractivity contribution in [1.82, 2.24) is 0 Å². The number of nitrogens with two attached hydrogens (primary N) is 2. The number of rotatable bonds is 2. The van der Waals surface area contributed by atoms with Gasteiger partial charge in [-0.05, 0) is 91.2 Å². The number of hydrogen-bond donors (Lipinski definition) is 2. The van der Waals surface area contributed by atoms with Crippen LogP contribution >= 0.6 is 0 Å². The van der Waals surface area contributed by atoms with E-state index in [9.17, 15) is 0 Å². The van der Waals surface area contributed by atoms with Gasteiger partial charge in [0.1, 0.15) is 0 Å². The predicted molar refractivity (Wildman–Crippen MR) is 99.5 cm³/mol. The van der Waals surface area contributed by atoms with Gasteiger partial charge in [-0.2, -0.15) is 0 Å². The maximum absolute atomic E-state index is 5.99. The fourth-order valence-corrected chi connectivity index (χ4v) is 6.55. The van der Waals surface area contributed by atoms with Crippen molar-refractivity contribution in [3.05, 3.63) is 59.7 Å². The average molecular weight is 318 g/mol. The highest BCUT2D eigenvalue weighted by atomic mass is 14.6. The van der Waals surface area contributed by atoms with Gasteiger partial charge in [-0.15, -0.1) is 0 Å². The summed E-state index contributed by atoms with van der Waals surface area (Å²) in [5.41, 5.74) is 16.8. The lowest BCUT2D eigenvalue weighted by Gasteiger charge is -2.62. The average Bonchev–Trinajstić information content (AvgIpc) is 2.57. The van der Waals surface area contributed by atoms with Gasteiger partial charge in [-0.1, -0.05) is 24.3 Å². The summed E-state index contributed by atoms with van der Waals surface area (Å²) in [7, 11) is 0. The summed E-state index contributed by atoms with van der Waals surface area (Å²) in [5, 5.41) is 0. The van der Waals surface area contributed by atoms with E-state index in [2.05, 4.69) is 48.5 Å². The van der Waals surface area contributed by atoms with Gasteiger partial charge in [0.25, 0.3) is 0 Å². The standard InChI is InChI=1S/C22H26N2/c23-20-5-1-16(2-6-20)22(17-3-7-21(24)8-4-17)18-10-14-9-15(12-18)13-19(22)11-14/h1-8,14-15,18-19H,9-13,23-24H2. The summed E-state index contributed by atoms with van der Waals surface area (Å²) in [4.78, 5) is 0. The molecule has 2 aromatic rings. The molecule has 0 heterocycles. The maximum atomic E-state index is 5.99. The molecule has 2 nitrogen and oxygen atoms in total. The molecule has 0 atom stereocenters. The Kier molecular flexibility index (Phi) is 3.01. The second-order valence-electron chi connectivity index (χ2n) is 8.42. The normalized spacial score (nSPS) is 32.8. The molecular formula is C22H26N2. The molecule has 2 aromatic carbocycles. The molecule has 0 aliphatic heterocycles. The van der Waals surface area contributed by atoms with Crippen molar-refractivity contribution in [2.75, 3.05) is 11.5 Å². The Morgan fingerprint density at radius 2 is 0.958 bits per heavy atom. The van der Waals surface area contributed by atoms with Crippen LogP contribution in [0.5, 0.6) is 0 Å². The predicted octanol–water partition coefficient (Wildman–Crippen LogP) is 4.59. The van der Waals surface area contributed by atoms with Crippen molar-refractivity contribution in [3.63, 3.8) is 0 Å². The van der Waals surface area contributed by atoms with Crippen LogP contribution in [0, 0.1) is 23.7 Å². The lowest BCUT2D eigenvalue weighted by atomic mass is 9.42. The number of benzene rings is 2. The second-order valence-corrected chi connectivity index (χ2v) is 8.42. The van der Waals surface area contributed by atoms with E-state index < -0.39 is 0 Å². The van der Waals surface area contributed by atoms with Crippen LogP contribution in [0.25, 0.3) is 0 Å². The van der Waals surface area contributed by atoms with Crippen LogP contribution < -0.4 is 11.5 Å². The Balaban J connectivity index is 1.72. The topological polar surface area (TPSA) is 52.0 Å². The minimum Gasteiger partial charge on any atom is -0.399 e. The smallest absolute Gasteiger partial charge is 0.0314 e. The molecule has 6 rings (SSSR count). The molecule has 0 saturated heterocycles. The zero-order valence-electron chi connectivity index (χ0n) is 14.1. The van der Waals surface area contributed by atoms with E-state index in [0.717, 1.165) is 35.0 Å². The van der Waals surface area contributed by atoms with Gasteiger partial charge in [-0.3, -0.25) is 0 Å². The summed E-state index contributed by atoms with van der Waals surface area (Å²) in [6.07, 6.45) is 7.04. The Labute approximate surface area is 144 Å². The summed E-state index contributed by atoms with van der Waals surface area (Å²) in [6, 6.07) is 17.5. The van der Waals surface area contributed by atoms with Crippen LogP contribution in [-0.2, 0) is 5.41 Å². The molecule has 4 aliphatic rings. The molecule has 4 saturated carbocycles. The van der Waals surface area contributed by atoms with Gasteiger partial charge >= 0.3 is 0 Å². The summed E-state index contributed by atoms with van der Waals surface area (Å²) in [6.45, 7) is 0. The van der Waals surface area contributed by atoms with E-state index >= 15 is 0 Å². The van der Waals surface area contributed by atoms with Gasteiger partial charge in [0.05, 0.1) is 0 Å². The third kappa shape index (κ3) is 1.89. The Morgan fingerprint density at radius 1 is 0.583 bits per heavy atom. The third-order valence-corrected chi connectivity index (χ3v) is 7.20. The molecular weight excluding hydrogens is 292 g/mol. The van der Waals surface area contributed by atoms with Crippen LogP contribution in [0.15, 0.2) is 48.5 Å². The van der Waals surface area contributed by atoms with Gasteiger partial charge in [0, 0.05) is 16.8 Å². The molecule has 124 valence electrons. The molecule has 0 spiro atoms. The minimum atomic E-state index is 0.162. The van der Waals surface area contributed by atoms with Crippen LogP contribution in [0.4, 0.5) is 11.4 Å². The summed E-state index contributed by atoms with van der Waals surface area (Å²) < 4.78 is 0. The quantitative estimate of drug-likeness (QED) is 0.796. The molecule has 4 bridgehead atoms. The van der Waals surface area contributed by atoms with E-state index in [1.165, 1.54) is 43.2 Å². The molecule has 0 aromatic heterocycles. The van der Waals surface area contributed by atoms with E-state index in [1.54, 1.807) is 0 Å². The third-order valence-electron chi connectivity index (χ3n) is 7.20. The first-order chi connectivity index (χ1) is 11.7. The largest absolute Gasteiger partial charge is 0.399 e. The Morgan fingerprint density at radius 3 is 1.33 bits per heavy atom. The monoisotopic (exact) mass is 318 g/mol. The molecule has 4 aliphatic carbocycles. The van der Waals surface area contributed by atoms with E-state index in [-0.39, 0.29) is 5.41 Å². The van der Waals surface area contributed by atoms with Crippen molar-refractivity contribution >= 4 is 11.4 Å². The molecule has 4 fully saturated rings. The summed E-state index contributed by atoms with van der Waals surface area (Å²) >= 11 is 0. The molecule has 0 radical (unpaired) electrons. The second kappa shape index (κ2) is 5.02. The van der Waals surface area contributed by atoms with Crippen LogP contribution in [-0.4, -0.2) is 0 Å². The molecule has 0 unspecified atom stereocenters. The minimum absolute atomic E-state index is 0.162. The fraction of sp³-hybridized carbons (Fsp3) is 0.455. The highest BCUT2D eigenvalue weighted by Crippen LogP contribution is 2.65. The molecule has 24 heavy (non-hydrogen) atoms. The zero-order chi connectivity index (χ0) is 16.3. The Hall–Kier alpha value is -1.96. The number of hydrogen-bond acceptors (Lipinski definition) is 2. The summed E-state index contributed by atoms with van der Waals surface area (Å²) in [5.74, 6) is 3.45. The van der Waals surface area contributed by atoms with Gasteiger partial charge < -0.3 is 11.5 Å². The highest BCUT2D eigenvalue weighted by molar-refractivity contribution is 5.51. The highest BCUT2D eigenvalue weighted by Gasteiger charge is 2.58. The van der Waals surface area contributed by atoms with E-state index in [4.69, 9.17) is 11.5 Å². The lowest BCUT2D eigenvalue weighted by molar-refractivity contribution is -0.0418. The molecule has 0 amide bonds. The van der Waals surface area contributed by atoms with Crippen LogP contribution in [0.1, 0.15) is 43.2 Å². The fourth-order valence-electron chi connectivity index (χ4n) is 6.55. The van der Waals surface area contributed by atoms with Crippen molar-refractivity contribution in [1.29, 1.82) is 0 Å². The first kappa shape index (κ1) is 14.4. The maximum Gasteiger partial charge on any atom is 0.0314 e. The van der Waals surface area contributed by atoms with E-state index in [0.29, 0.717) is 0 Å². The van der Waals surface area contributed by atoms with Crippen molar-refractivity contribution in [2.24, 2.45) is 23.7 Å². The van der Waals surface area contributed by atoms with Gasteiger partial charge in [0.2, 0.25) is 0 Å². The van der Waals surface area contributed by atoms with Gasteiger partial charge in [0.15, 0.2) is 0 Å². The lowest BCUT2D eigenvalue weighted by Crippen LogP contribution is -2.56. The Bertz CT molecular complexity index is 669. The van der Waals surface area contributed by atoms with Crippen LogP contribution in [0.3, 0.4) is 0 Å². The van der Waals surface area contributed by atoms with Crippen LogP contribution in [0.2, 0.25) is 0 Å². The van der Waals surface area contributed by atoms with Crippen molar-refractivity contribution in [3.8, 4) is 0 Å². The first-order valence-electron chi connectivity index (χ1n) is 9.38. The zero-order valence-corrected chi connectivity index (χ0v) is 14.1. The first-order valence-corrected chi connectivity index (χ1v) is 9.38. The van der Waals surface area contributed by atoms with E-state index in [1.807, 2.05) is 0 Å². The SMILES string of the molecule is Nc1ccc(C2(c3ccc(N)cc3)C3CC4CC(C3)CC2C4)cc1.